The Bertz CT molecular complexity index is 1040. The number of piperidine rings is 2. The zero-order valence-electron chi connectivity index (χ0n) is 20.5. The van der Waals surface area contributed by atoms with E-state index in [4.69, 9.17) is 0 Å². The predicted octanol–water partition coefficient (Wildman–Crippen LogP) is 3.71. The molecule has 0 spiro atoms. The monoisotopic (exact) mass is 483 g/mol. The second-order valence-corrected chi connectivity index (χ2v) is 10.6. The Morgan fingerprint density at radius 2 is 1.94 bits per heavy atom. The topological polar surface area (TPSA) is 78.4 Å². The SMILES string of the molecule is O=CNCCC(=O)Nc1ccc2c(C3CCN(CC4(F)CCNCC4)CC3)cn(C3CCC3)c2c1. The molecule has 0 atom stereocenters. The Morgan fingerprint density at radius 3 is 2.63 bits per heavy atom. The van der Waals surface area contributed by atoms with Crippen molar-refractivity contribution < 1.29 is 14.0 Å². The third-order valence-corrected chi connectivity index (χ3v) is 8.23. The van der Waals surface area contributed by atoms with Crippen LogP contribution in [-0.4, -0.2) is 66.7 Å². The van der Waals surface area contributed by atoms with Crippen LogP contribution in [0, 0.1) is 0 Å². The molecule has 35 heavy (non-hydrogen) atoms. The fourth-order valence-corrected chi connectivity index (χ4v) is 5.95. The van der Waals surface area contributed by atoms with Gasteiger partial charge in [-0.25, -0.2) is 4.39 Å². The zero-order chi connectivity index (χ0) is 24.3. The largest absolute Gasteiger partial charge is 0.358 e. The Labute approximate surface area is 206 Å². The van der Waals surface area contributed by atoms with Crippen molar-refractivity contribution in [1.82, 2.24) is 20.1 Å². The van der Waals surface area contributed by atoms with Gasteiger partial charge >= 0.3 is 0 Å². The number of nitrogens with zero attached hydrogens (tertiary/aromatic N) is 2. The van der Waals surface area contributed by atoms with Gasteiger partial charge in [-0.15, -0.1) is 0 Å². The molecular weight excluding hydrogens is 445 g/mol. The molecule has 0 unspecified atom stereocenters. The molecule has 1 aliphatic carbocycles. The lowest BCUT2D eigenvalue weighted by Crippen LogP contribution is -2.48. The summed E-state index contributed by atoms with van der Waals surface area (Å²) in [5.74, 6) is 0.376. The van der Waals surface area contributed by atoms with Crippen molar-refractivity contribution in [3.05, 3.63) is 30.0 Å². The van der Waals surface area contributed by atoms with E-state index >= 15 is 4.39 Å². The molecule has 1 aromatic heterocycles. The van der Waals surface area contributed by atoms with E-state index in [1.54, 1.807) is 0 Å². The molecule has 2 aliphatic heterocycles. The van der Waals surface area contributed by atoms with E-state index in [1.165, 1.54) is 35.7 Å². The highest BCUT2D eigenvalue weighted by molar-refractivity contribution is 5.95. The number of benzene rings is 1. The summed E-state index contributed by atoms with van der Waals surface area (Å²) in [6.07, 6.45) is 10.2. The van der Waals surface area contributed by atoms with Crippen LogP contribution in [0.2, 0.25) is 0 Å². The number of anilines is 1. The van der Waals surface area contributed by atoms with Crippen LogP contribution in [0.4, 0.5) is 10.1 Å². The fraction of sp³-hybridized carbons (Fsp3) is 0.630. The van der Waals surface area contributed by atoms with E-state index in [2.05, 4.69) is 43.7 Å². The summed E-state index contributed by atoms with van der Waals surface area (Å²) in [4.78, 5) is 25.0. The first-order valence-electron chi connectivity index (χ1n) is 13.3. The van der Waals surface area contributed by atoms with E-state index in [1.807, 2.05) is 6.07 Å². The summed E-state index contributed by atoms with van der Waals surface area (Å²) in [6.45, 7) is 4.36. The number of hydrogen-bond acceptors (Lipinski definition) is 4. The molecule has 1 saturated carbocycles. The molecule has 5 rings (SSSR count). The van der Waals surface area contributed by atoms with Crippen molar-refractivity contribution in [3.63, 3.8) is 0 Å². The first-order valence-corrected chi connectivity index (χ1v) is 13.3. The molecule has 2 saturated heterocycles. The third kappa shape index (κ3) is 5.54. The number of carbonyl (C=O) groups excluding carboxylic acids is 2. The van der Waals surface area contributed by atoms with Gasteiger partial charge in [0.25, 0.3) is 0 Å². The lowest BCUT2D eigenvalue weighted by Gasteiger charge is -2.38. The number of carbonyl (C=O) groups is 2. The highest BCUT2D eigenvalue weighted by Gasteiger charge is 2.35. The van der Waals surface area contributed by atoms with Crippen molar-refractivity contribution in [2.24, 2.45) is 0 Å². The van der Waals surface area contributed by atoms with Gasteiger partial charge in [0.1, 0.15) is 5.67 Å². The molecule has 1 aromatic carbocycles. The van der Waals surface area contributed by atoms with Gasteiger partial charge in [0.05, 0.1) is 5.52 Å². The molecule has 3 N–H and O–H groups in total. The molecule has 7 nitrogen and oxygen atoms in total. The minimum absolute atomic E-state index is 0.104. The number of fused-ring (bicyclic) bond motifs is 1. The van der Waals surface area contributed by atoms with Crippen molar-refractivity contribution in [2.75, 3.05) is 44.6 Å². The standard InChI is InChI=1S/C27H38FN5O2/c28-27(9-12-29-13-10-27)18-32-14-7-20(8-15-32)24-17-33(22-2-1-3-22)25-16-21(4-5-23(24)25)31-26(35)6-11-30-19-34/h4-5,16-17,19-20,22,29H,1-3,6-15,18H2,(H,30,34)(H,31,35). The summed E-state index contributed by atoms with van der Waals surface area (Å²) in [5.41, 5.74) is 2.34. The Morgan fingerprint density at radius 1 is 1.17 bits per heavy atom. The average molecular weight is 484 g/mol. The Balaban J connectivity index is 1.29. The van der Waals surface area contributed by atoms with Gasteiger partial charge in [0.2, 0.25) is 12.3 Å². The minimum atomic E-state index is -1.04. The molecule has 3 heterocycles. The van der Waals surface area contributed by atoms with Crippen LogP contribution in [-0.2, 0) is 9.59 Å². The second-order valence-electron chi connectivity index (χ2n) is 10.6. The molecule has 2 aromatic rings. The maximum atomic E-state index is 15.2. The number of rotatable bonds is 9. The quantitative estimate of drug-likeness (QED) is 0.375. The van der Waals surface area contributed by atoms with Crippen molar-refractivity contribution in [2.45, 2.75) is 69.0 Å². The van der Waals surface area contributed by atoms with Crippen LogP contribution >= 0.6 is 0 Å². The molecule has 190 valence electrons. The van der Waals surface area contributed by atoms with Gasteiger partial charge in [-0.2, -0.15) is 0 Å². The molecule has 8 heteroatoms. The van der Waals surface area contributed by atoms with E-state index in [0.29, 0.717) is 44.3 Å². The predicted molar refractivity (Wildman–Crippen MR) is 136 cm³/mol. The summed E-state index contributed by atoms with van der Waals surface area (Å²) in [7, 11) is 0. The molecule has 3 fully saturated rings. The van der Waals surface area contributed by atoms with Crippen molar-refractivity contribution in [3.8, 4) is 0 Å². The lowest BCUT2D eigenvalue weighted by atomic mass is 9.87. The van der Waals surface area contributed by atoms with E-state index in [9.17, 15) is 9.59 Å². The van der Waals surface area contributed by atoms with Crippen molar-refractivity contribution in [1.29, 1.82) is 0 Å². The minimum Gasteiger partial charge on any atom is -0.358 e. The number of aromatic nitrogens is 1. The van der Waals surface area contributed by atoms with Crippen LogP contribution in [0.15, 0.2) is 24.4 Å². The maximum absolute atomic E-state index is 15.2. The van der Waals surface area contributed by atoms with Gasteiger partial charge < -0.3 is 25.4 Å². The number of halogens is 1. The van der Waals surface area contributed by atoms with Gasteiger partial charge in [-0.3, -0.25) is 9.59 Å². The first kappa shape index (κ1) is 24.3. The molecular formula is C27H38FN5O2. The molecule has 3 aliphatic rings. The maximum Gasteiger partial charge on any atom is 0.226 e. The normalized spacial score (nSPS) is 21.5. The first-order chi connectivity index (χ1) is 17.0. The number of likely N-dealkylation sites (tertiary alicyclic amines) is 1. The van der Waals surface area contributed by atoms with Crippen molar-refractivity contribution >= 4 is 28.9 Å². The second kappa shape index (κ2) is 10.7. The van der Waals surface area contributed by atoms with Gasteiger partial charge in [0, 0.05) is 42.8 Å². The number of hydrogen-bond donors (Lipinski definition) is 3. The van der Waals surface area contributed by atoms with Gasteiger partial charge in [-0.05, 0) is 94.7 Å². The summed E-state index contributed by atoms with van der Waals surface area (Å²) < 4.78 is 17.6. The van der Waals surface area contributed by atoms with E-state index in [0.717, 1.165) is 44.7 Å². The lowest BCUT2D eigenvalue weighted by molar-refractivity contribution is -0.116. The van der Waals surface area contributed by atoms with Crippen LogP contribution in [0.25, 0.3) is 10.9 Å². The Hall–Kier alpha value is -2.45. The number of nitrogens with one attached hydrogen (secondary N) is 3. The van der Waals surface area contributed by atoms with E-state index in [-0.39, 0.29) is 12.3 Å². The van der Waals surface area contributed by atoms with Gasteiger partial charge in [0.15, 0.2) is 0 Å². The third-order valence-electron chi connectivity index (χ3n) is 8.23. The van der Waals surface area contributed by atoms with Crippen LogP contribution < -0.4 is 16.0 Å². The summed E-state index contributed by atoms with van der Waals surface area (Å²) >= 11 is 0. The molecule has 0 bridgehead atoms. The highest BCUT2D eigenvalue weighted by Crippen LogP contribution is 2.41. The fourth-order valence-electron chi connectivity index (χ4n) is 5.95. The number of amides is 2. The number of alkyl halides is 1. The Kier molecular flexibility index (Phi) is 7.39. The van der Waals surface area contributed by atoms with Crippen LogP contribution in [0.5, 0.6) is 0 Å². The van der Waals surface area contributed by atoms with Crippen LogP contribution in [0.1, 0.15) is 68.9 Å². The van der Waals surface area contributed by atoms with Crippen LogP contribution in [0.3, 0.4) is 0 Å². The average Bonchev–Trinajstić information content (AvgIpc) is 3.17. The molecule has 2 amide bonds. The zero-order valence-corrected chi connectivity index (χ0v) is 20.5. The van der Waals surface area contributed by atoms with E-state index < -0.39 is 5.67 Å². The highest BCUT2D eigenvalue weighted by atomic mass is 19.1. The summed E-state index contributed by atoms with van der Waals surface area (Å²) in [5, 5.41) is 10.1. The smallest absolute Gasteiger partial charge is 0.226 e. The van der Waals surface area contributed by atoms with Gasteiger partial charge in [-0.1, -0.05) is 6.07 Å². The summed E-state index contributed by atoms with van der Waals surface area (Å²) in [6, 6.07) is 6.76. The molecule has 0 radical (unpaired) electrons.